The molecule has 4 rings (SSSR count). The second-order valence-electron chi connectivity index (χ2n) is 8.86. The summed E-state index contributed by atoms with van der Waals surface area (Å²) in [6.07, 6.45) is 0. The maximum absolute atomic E-state index is 13.8. The Hall–Kier alpha value is -4.01. The second kappa shape index (κ2) is 9.32. The molecular formula is C26H27FN4O4. The maximum atomic E-state index is 13.8. The average molecular weight is 479 g/mol. The number of benzene rings is 2. The zero-order valence-corrected chi connectivity index (χ0v) is 20.1. The molecule has 0 radical (unpaired) electrons. The van der Waals surface area contributed by atoms with Crippen molar-refractivity contribution in [2.24, 2.45) is 0 Å². The molecule has 1 N–H and O–H groups in total. The fourth-order valence-corrected chi connectivity index (χ4v) is 4.35. The van der Waals surface area contributed by atoms with Gasteiger partial charge >= 0.3 is 5.97 Å². The first-order valence-electron chi connectivity index (χ1n) is 11.3. The van der Waals surface area contributed by atoms with Gasteiger partial charge in [0.1, 0.15) is 17.1 Å². The van der Waals surface area contributed by atoms with Gasteiger partial charge < -0.3 is 10.1 Å². The highest BCUT2D eigenvalue weighted by Crippen LogP contribution is 2.34. The molecule has 0 bridgehead atoms. The molecule has 0 saturated carbocycles. The number of carbonyl (C=O) groups is 3. The third kappa shape index (κ3) is 4.66. The van der Waals surface area contributed by atoms with E-state index in [2.05, 4.69) is 10.4 Å². The van der Waals surface area contributed by atoms with Crippen LogP contribution in [0.25, 0.3) is 0 Å². The Morgan fingerprint density at radius 2 is 1.77 bits per heavy atom. The lowest BCUT2D eigenvalue weighted by Gasteiger charge is -2.43. The minimum Gasteiger partial charge on any atom is -0.461 e. The Labute approximate surface area is 202 Å². The molecule has 0 saturated heterocycles. The number of nitrogens with one attached hydrogen (secondary N) is 1. The average Bonchev–Trinajstić information content (AvgIpc) is 3.22. The van der Waals surface area contributed by atoms with Crippen LogP contribution in [0, 0.1) is 19.7 Å². The molecule has 2 aromatic carbocycles. The van der Waals surface area contributed by atoms with Crippen LogP contribution in [0.1, 0.15) is 51.5 Å². The number of fused-ring (bicyclic) bond motifs is 1. The van der Waals surface area contributed by atoms with E-state index in [4.69, 9.17) is 4.74 Å². The van der Waals surface area contributed by atoms with Crippen LogP contribution >= 0.6 is 0 Å². The molecule has 0 unspecified atom stereocenters. The van der Waals surface area contributed by atoms with Gasteiger partial charge in [-0.1, -0.05) is 18.2 Å². The Morgan fingerprint density at radius 1 is 1.11 bits per heavy atom. The number of anilines is 1. The van der Waals surface area contributed by atoms with Crippen LogP contribution in [-0.2, 0) is 22.6 Å². The Morgan fingerprint density at radius 3 is 2.40 bits per heavy atom. The van der Waals surface area contributed by atoms with Gasteiger partial charge in [-0.25, -0.2) is 9.18 Å². The highest BCUT2D eigenvalue weighted by atomic mass is 19.1. The highest BCUT2D eigenvalue weighted by molar-refractivity contribution is 6.12. The predicted octanol–water partition coefficient (Wildman–Crippen LogP) is 3.55. The van der Waals surface area contributed by atoms with E-state index in [1.54, 1.807) is 26.0 Å². The summed E-state index contributed by atoms with van der Waals surface area (Å²) in [5.74, 6) is -1.87. The molecular weight excluding hydrogens is 451 g/mol. The van der Waals surface area contributed by atoms with Gasteiger partial charge in [0.25, 0.3) is 5.91 Å². The summed E-state index contributed by atoms with van der Waals surface area (Å²) >= 11 is 0. The number of aryl methyl sites for hydroxylation is 2. The summed E-state index contributed by atoms with van der Waals surface area (Å²) in [6, 6.07) is 12.9. The van der Waals surface area contributed by atoms with Gasteiger partial charge in [0.05, 0.1) is 13.2 Å². The Kier molecular flexibility index (Phi) is 6.43. The van der Waals surface area contributed by atoms with Gasteiger partial charge in [0.2, 0.25) is 5.91 Å². The van der Waals surface area contributed by atoms with Crippen molar-refractivity contribution in [2.75, 3.05) is 11.5 Å². The van der Waals surface area contributed by atoms with Crippen molar-refractivity contribution in [3.05, 3.63) is 82.4 Å². The van der Waals surface area contributed by atoms with Crippen molar-refractivity contribution in [2.45, 2.75) is 46.3 Å². The monoisotopic (exact) mass is 478 g/mol. The van der Waals surface area contributed by atoms with Crippen LogP contribution in [-0.4, -0.2) is 39.7 Å². The Bertz CT molecular complexity index is 1280. The highest BCUT2D eigenvalue weighted by Gasteiger charge is 2.49. The van der Waals surface area contributed by atoms with E-state index in [0.717, 1.165) is 11.1 Å². The van der Waals surface area contributed by atoms with E-state index in [1.165, 1.54) is 27.8 Å². The predicted molar refractivity (Wildman–Crippen MR) is 128 cm³/mol. The van der Waals surface area contributed by atoms with Gasteiger partial charge in [0.15, 0.2) is 5.69 Å². The molecule has 0 aliphatic carbocycles. The fraction of sp³-hybridized carbons (Fsp3) is 0.308. The number of ether oxygens (including phenoxy) is 1. The summed E-state index contributed by atoms with van der Waals surface area (Å²) in [5.41, 5.74) is 2.00. The van der Waals surface area contributed by atoms with E-state index in [1.807, 2.05) is 32.0 Å². The standard InChI is InChI=1S/C26H27FN4O4/c1-5-35-24(33)21-13-22-23(32)31(20-11-16(2)10-17(3)12-20)26(4,15-30(22)29-21)25(34)28-14-18-6-8-19(27)9-7-18/h6-13H,5,14-15H2,1-4H3,(H,28,34)/t26-/m1/s1. The topological polar surface area (TPSA) is 93.5 Å². The summed E-state index contributed by atoms with van der Waals surface area (Å²) in [4.78, 5) is 41.1. The second-order valence-corrected chi connectivity index (χ2v) is 8.86. The van der Waals surface area contributed by atoms with Crippen LogP contribution < -0.4 is 10.2 Å². The largest absolute Gasteiger partial charge is 0.461 e. The number of rotatable bonds is 6. The molecule has 2 amide bonds. The lowest BCUT2D eigenvalue weighted by molar-refractivity contribution is -0.126. The zero-order valence-electron chi connectivity index (χ0n) is 20.1. The van der Waals surface area contributed by atoms with Crippen molar-refractivity contribution in [1.82, 2.24) is 15.1 Å². The number of hydrogen-bond acceptors (Lipinski definition) is 5. The quantitative estimate of drug-likeness (QED) is 0.547. The van der Waals surface area contributed by atoms with Gasteiger partial charge in [-0.05, 0) is 68.7 Å². The zero-order chi connectivity index (χ0) is 25.3. The molecule has 1 aliphatic heterocycles. The first-order chi connectivity index (χ1) is 16.6. The van der Waals surface area contributed by atoms with Crippen molar-refractivity contribution < 1.29 is 23.5 Å². The maximum Gasteiger partial charge on any atom is 0.358 e. The smallest absolute Gasteiger partial charge is 0.358 e. The number of halogens is 1. The summed E-state index contributed by atoms with van der Waals surface area (Å²) in [6.45, 7) is 7.53. The third-order valence-corrected chi connectivity index (χ3v) is 5.96. The van der Waals surface area contributed by atoms with Crippen LogP contribution in [0.4, 0.5) is 10.1 Å². The lowest BCUT2D eigenvalue weighted by atomic mass is 9.93. The van der Waals surface area contributed by atoms with Gasteiger partial charge in [-0.2, -0.15) is 5.10 Å². The van der Waals surface area contributed by atoms with Crippen molar-refractivity contribution in [3.8, 4) is 0 Å². The van der Waals surface area contributed by atoms with Gasteiger partial charge in [-0.15, -0.1) is 0 Å². The van der Waals surface area contributed by atoms with Crippen LogP contribution in [0.2, 0.25) is 0 Å². The molecule has 0 spiro atoms. The third-order valence-electron chi connectivity index (χ3n) is 5.96. The van der Waals surface area contributed by atoms with Crippen LogP contribution in [0.3, 0.4) is 0 Å². The van der Waals surface area contributed by atoms with Crippen molar-refractivity contribution in [3.63, 3.8) is 0 Å². The lowest BCUT2D eigenvalue weighted by Crippen LogP contribution is -2.64. The first kappa shape index (κ1) is 24.1. The molecule has 9 heteroatoms. The summed E-state index contributed by atoms with van der Waals surface area (Å²) in [7, 11) is 0. The van der Waals surface area contributed by atoms with Crippen molar-refractivity contribution in [1.29, 1.82) is 0 Å². The number of hydrogen-bond donors (Lipinski definition) is 1. The number of nitrogens with zero attached hydrogens (tertiary/aromatic N) is 3. The van der Waals surface area contributed by atoms with E-state index in [-0.39, 0.29) is 36.9 Å². The molecule has 35 heavy (non-hydrogen) atoms. The Balaban J connectivity index is 1.74. The molecule has 1 aromatic heterocycles. The summed E-state index contributed by atoms with van der Waals surface area (Å²) in [5, 5.41) is 7.13. The van der Waals surface area contributed by atoms with Crippen LogP contribution in [0.5, 0.6) is 0 Å². The van der Waals surface area contributed by atoms with Crippen LogP contribution in [0.15, 0.2) is 48.5 Å². The minimum absolute atomic E-state index is 0.00606. The number of esters is 1. The normalized spacial score (nSPS) is 17.2. The molecule has 2 heterocycles. The fourth-order valence-electron chi connectivity index (χ4n) is 4.35. The molecule has 3 aromatic rings. The first-order valence-corrected chi connectivity index (χ1v) is 11.3. The number of amides is 2. The molecule has 1 atom stereocenters. The van der Waals surface area contributed by atoms with Crippen molar-refractivity contribution >= 4 is 23.5 Å². The van der Waals surface area contributed by atoms with Gasteiger partial charge in [0, 0.05) is 18.3 Å². The minimum atomic E-state index is -1.36. The molecule has 182 valence electrons. The molecule has 8 nitrogen and oxygen atoms in total. The van der Waals surface area contributed by atoms with E-state index in [9.17, 15) is 18.8 Å². The number of aromatic nitrogens is 2. The van der Waals surface area contributed by atoms with E-state index < -0.39 is 23.3 Å². The van der Waals surface area contributed by atoms with E-state index >= 15 is 0 Å². The van der Waals surface area contributed by atoms with Gasteiger partial charge in [-0.3, -0.25) is 19.2 Å². The SMILES string of the molecule is CCOC(=O)c1cc2n(n1)C[C@](C)(C(=O)NCc1ccc(F)cc1)N(c1cc(C)cc(C)c1)C2=O. The number of carbonyl (C=O) groups excluding carboxylic acids is 3. The summed E-state index contributed by atoms with van der Waals surface area (Å²) < 4.78 is 19.7. The molecule has 1 aliphatic rings. The molecule has 0 fully saturated rings. The van der Waals surface area contributed by atoms with E-state index in [0.29, 0.717) is 11.3 Å².